The van der Waals surface area contributed by atoms with Crippen LogP contribution in [0, 0.1) is 35.4 Å². The van der Waals surface area contributed by atoms with E-state index in [1.165, 1.54) is 24.6 Å². The summed E-state index contributed by atoms with van der Waals surface area (Å²) in [4.78, 5) is 12.1. The number of rotatable bonds is 2. The van der Waals surface area contributed by atoms with E-state index in [0.29, 0.717) is 5.69 Å². The van der Waals surface area contributed by atoms with Crippen LogP contribution in [0.2, 0.25) is 0 Å². The molecule has 3 nitrogen and oxygen atoms in total. The summed E-state index contributed by atoms with van der Waals surface area (Å²) in [5.41, 5.74) is 0.741. The number of hydrogen-bond acceptors (Lipinski definition) is 2. The van der Waals surface area contributed by atoms with Crippen LogP contribution in [0.15, 0.2) is 18.2 Å². The van der Waals surface area contributed by atoms with E-state index < -0.39 is 5.82 Å². The van der Waals surface area contributed by atoms with Crippen molar-refractivity contribution in [3.05, 3.63) is 29.6 Å². The molecule has 2 atom stereocenters. The van der Waals surface area contributed by atoms with Crippen LogP contribution in [0.1, 0.15) is 24.8 Å². The molecule has 2 fully saturated rings. The molecule has 20 heavy (non-hydrogen) atoms. The van der Waals surface area contributed by atoms with Gasteiger partial charge in [0.05, 0.1) is 5.56 Å². The van der Waals surface area contributed by atoms with Gasteiger partial charge >= 0.3 is 0 Å². The molecule has 0 heterocycles. The topological polar surface area (TPSA) is 49.3 Å². The normalized spacial score (nSPS) is 26.4. The lowest BCUT2D eigenvalue weighted by atomic mass is 10.0. The zero-order chi connectivity index (χ0) is 14.1. The first-order chi connectivity index (χ1) is 9.67. The SMILES string of the molecule is O=C(Nc1ccc(F)c(C#CCO)c1)C1CC2CC2C1. The van der Waals surface area contributed by atoms with Gasteiger partial charge in [-0.15, -0.1) is 0 Å². The van der Waals surface area contributed by atoms with Crippen LogP contribution < -0.4 is 5.32 Å². The minimum absolute atomic E-state index is 0.0184. The lowest BCUT2D eigenvalue weighted by Crippen LogP contribution is -2.21. The summed E-state index contributed by atoms with van der Waals surface area (Å²) in [5, 5.41) is 11.5. The number of halogens is 1. The van der Waals surface area contributed by atoms with E-state index in [1.807, 2.05) is 0 Å². The Morgan fingerprint density at radius 2 is 2.10 bits per heavy atom. The van der Waals surface area contributed by atoms with Gasteiger partial charge in [-0.05, 0) is 49.3 Å². The van der Waals surface area contributed by atoms with Gasteiger partial charge in [0.1, 0.15) is 12.4 Å². The van der Waals surface area contributed by atoms with Crippen molar-refractivity contribution >= 4 is 11.6 Å². The van der Waals surface area contributed by atoms with Crippen molar-refractivity contribution in [3.63, 3.8) is 0 Å². The summed E-state index contributed by atoms with van der Waals surface area (Å²) < 4.78 is 13.5. The maximum atomic E-state index is 13.5. The summed E-state index contributed by atoms with van der Waals surface area (Å²) in [6.07, 6.45) is 3.24. The molecule has 0 saturated heterocycles. The molecule has 0 spiro atoms. The quantitative estimate of drug-likeness (QED) is 0.811. The zero-order valence-corrected chi connectivity index (χ0v) is 11.0. The fourth-order valence-corrected chi connectivity index (χ4v) is 3.01. The molecule has 0 aliphatic heterocycles. The maximum Gasteiger partial charge on any atom is 0.227 e. The number of benzene rings is 1. The average Bonchev–Trinajstić information content (AvgIpc) is 3.05. The molecule has 2 aliphatic carbocycles. The van der Waals surface area contributed by atoms with Crippen molar-refractivity contribution < 1.29 is 14.3 Å². The van der Waals surface area contributed by atoms with E-state index in [1.54, 1.807) is 0 Å². The predicted molar refractivity (Wildman–Crippen MR) is 73.3 cm³/mol. The molecule has 2 unspecified atom stereocenters. The van der Waals surface area contributed by atoms with E-state index in [9.17, 15) is 9.18 Å². The zero-order valence-electron chi connectivity index (χ0n) is 11.0. The Morgan fingerprint density at radius 3 is 2.80 bits per heavy atom. The highest BCUT2D eigenvalue weighted by Gasteiger charge is 2.47. The maximum absolute atomic E-state index is 13.5. The van der Waals surface area contributed by atoms with Crippen molar-refractivity contribution in [3.8, 4) is 11.8 Å². The van der Waals surface area contributed by atoms with Crippen molar-refractivity contribution in [1.29, 1.82) is 0 Å². The molecule has 1 aromatic rings. The lowest BCUT2D eigenvalue weighted by Gasteiger charge is -2.12. The van der Waals surface area contributed by atoms with E-state index in [0.717, 1.165) is 24.7 Å². The van der Waals surface area contributed by atoms with Crippen molar-refractivity contribution in [1.82, 2.24) is 0 Å². The second-order valence-electron chi connectivity index (χ2n) is 5.57. The van der Waals surface area contributed by atoms with Gasteiger partial charge in [0, 0.05) is 11.6 Å². The smallest absolute Gasteiger partial charge is 0.227 e. The minimum Gasteiger partial charge on any atom is -0.384 e. The lowest BCUT2D eigenvalue weighted by molar-refractivity contribution is -0.120. The molecule has 4 heteroatoms. The second kappa shape index (κ2) is 5.26. The standard InChI is InChI=1S/C16H16FNO2/c17-15-4-3-14(9-10(15)2-1-5-19)18-16(20)13-7-11-6-12(11)8-13/h3-4,9,11-13,19H,5-8H2,(H,18,20). The Kier molecular flexibility index (Phi) is 3.45. The van der Waals surface area contributed by atoms with Crippen LogP contribution >= 0.6 is 0 Å². The molecular weight excluding hydrogens is 257 g/mol. The van der Waals surface area contributed by atoms with Crippen LogP contribution in [0.5, 0.6) is 0 Å². The predicted octanol–water partition coefficient (Wildman–Crippen LogP) is 2.15. The summed E-state index contributed by atoms with van der Waals surface area (Å²) in [7, 11) is 0. The highest BCUT2D eigenvalue weighted by Crippen LogP contribution is 2.54. The van der Waals surface area contributed by atoms with Crippen LogP contribution in [0.3, 0.4) is 0 Å². The van der Waals surface area contributed by atoms with Gasteiger partial charge in [-0.2, -0.15) is 0 Å². The van der Waals surface area contributed by atoms with E-state index in [-0.39, 0.29) is 24.0 Å². The van der Waals surface area contributed by atoms with Gasteiger partial charge in [0.25, 0.3) is 0 Å². The number of amides is 1. The summed E-state index contributed by atoms with van der Waals surface area (Å²) in [6.45, 7) is -0.319. The van der Waals surface area contributed by atoms with Gasteiger partial charge in [-0.25, -0.2) is 4.39 Å². The molecule has 0 aromatic heterocycles. The van der Waals surface area contributed by atoms with E-state index in [4.69, 9.17) is 5.11 Å². The highest BCUT2D eigenvalue weighted by atomic mass is 19.1. The molecule has 2 saturated carbocycles. The highest BCUT2D eigenvalue weighted by molar-refractivity contribution is 5.93. The number of nitrogens with one attached hydrogen (secondary N) is 1. The number of fused-ring (bicyclic) bond motifs is 1. The molecule has 1 amide bonds. The monoisotopic (exact) mass is 273 g/mol. The third-order valence-electron chi connectivity index (χ3n) is 4.15. The molecular formula is C16H16FNO2. The van der Waals surface area contributed by atoms with Gasteiger partial charge in [0.2, 0.25) is 5.91 Å². The van der Waals surface area contributed by atoms with Gasteiger partial charge in [-0.1, -0.05) is 11.8 Å². The number of anilines is 1. The van der Waals surface area contributed by atoms with Crippen molar-refractivity contribution in [2.45, 2.75) is 19.3 Å². The Labute approximate surface area is 117 Å². The van der Waals surface area contributed by atoms with E-state index in [2.05, 4.69) is 17.2 Å². The Balaban J connectivity index is 1.69. The molecule has 2 N–H and O–H groups in total. The van der Waals surface area contributed by atoms with Crippen LogP contribution in [-0.2, 0) is 4.79 Å². The molecule has 0 radical (unpaired) electrons. The van der Waals surface area contributed by atoms with Crippen molar-refractivity contribution in [2.75, 3.05) is 11.9 Å². The van der Waals surface area contributed by atoms with Crippen LogP contribution in [0.4, 0.5) is 10.1 Å². The number of aliphatic hydroxyl groups excluding tert-OH is 1. The Bertz CT molecular complexity index is 592. The fraction of sp³-hybridized carbons (Fsp3) is 0.438. The Hall–Kier alpha value is -1.86. The van der Waals surface area contributed by atoms with E-state index >= 15 is 0 Å². The summed E-state index contributed by atoms with van der Waals surface area (Å²) >= 11 is 0. The molecule has 1 aromatic carbocycles. The van der Waals surface area contributed by atoms with Gasteiger partial charge < -0.3 is 10.4 Å². The number of carbonyl (C=O) groups excluding carboxylic acids is 1. The second-order valence-corrected chi connectivity index (χ2v) is 5.57. The molecule has 0 bridgehead atoms. The molecule has 2 aliphatic rings. The third-order valence-corrected chi connectivity index (χ3v) is 4.15. The summed E-state index contributed by atoms with van der Waals surface area (Å²) in [6, 6.07) is 4.32. The number of hydrogen-bond donors (Lipinski definition) is 2. The van der Waals surface area contributed by atoms with Crippen LogP contribution in [0.25, 0.3) is 0 Å². The van der Waals surface area contributed by atoms with Gasteiger partial charge in [-0.3, -0.25) is 4.79 Å². The van der Waals surface area contributed by atoms with Gasteiger partial charge in [0.15, 0.2) is 0 Å². The fourth-order valence-electron chi connectivity index (χ4n) is 3.01. The van der Waals surface area contributed by atoms with Crippen LogP contribution in [-0.4, -0.2) is 17.6 Å². The first kappa shape index (κ1) is 13.1. The molecule has 104 valence electrons. The largest absolute Gasteiger partial charge is 0.384 e. The third kappa shape index (κ3) is 2.68. The summed E-state index contributed by atoms with van der Waals surface area (Å²) in [5.74, 6) is 6.11. The number of carbonyl (C=O) groups is 1. The Morgan fingerprint density at radius 1 is 1.35 bits per heavy atom. The molecule has 3 rings (SSSR count). The first-order valence-electron chi connectivity index (χ1n) is 6.87. The first-order valence-corrected chi connectivity index (χ1v) is 6.87. The number of aliphatic hydroxyl groups is 1. The van der Waals surface area contributed by atoms with Crippen molar-refractivity contribution in [2.24, 2.45) is 17.8 Å². The minimum atomic E-state index is -0.453. The average molecular weight is 273 g/mol.